The van der Waals surface area contributed by atoms with Crippen LogP contribution in [-0.4, -0.2) is 51.9 Å². The largest absolute Gasteiger partial charge is 0.497 e. The predicted molar refractivity (Wildman–Crippen MR) is 139 cm³/mol. The van der Waals surface area contributed by atoms with E-state index in [0.29, 0.717) is 11.3 Å². The van der Waals surface area contributed by atoms with Crippen molar-refractivity contribution in [3.63, 3.8) is 0 Å². The van der Waals surface area contributed by atoms with Crippen molar-refractivity contribution in [2.45, 2.75) is 31.3 Å². The van der Waals surface area contributed by atoms with Crippen LogP contribution < -0.4 is 14.4 Å². The average molecular weight is 528 g/mol. The summed E-state index contributed by atoms with van der Waals surface area (Å²) >= 11 is 0. The second kappa shape index (κ2) is 11.9. The molecule has 0 heterocycles. The molecule has 10 heteroatoms. The minimum absolute atomic E-state index is 0.0446. The summed E-state index contributed by atoms with van der Waals surface area (Å²) in [5, 5.41) is 2.54. The van der Waals surface area contributed by atoms with Crippen LogP contribution in [-0.2, 0) is 26.2 Å². The highest BCUT2D eigenvalue weighted by atomic mass is 32.2. The topological polar surface area (TPSA) is 96.0 Å². The van der Waals surface area contributed by atoms with Gasteiger partial charge in [-0.15, -0.1) is 0 Å². The Bertz CT molecular complexity index is 1350. The van der Waals surface area contributed by atoms with Gasteiger partial charge in [0.2, 0.25) is 11.8 Å². The van der Waals surface area contributed by atoms with E-state index in [9.17, 15) is 22.4 Å². The zero-order valence-corrected chi connectivity index (χ0v) is 22.0. The van der Waals surface area contributed by atoms with E-state index >= 15 is 0 Å². The van der Waals surface area contributed by atoms with Gasteiger partial charge in [-0.05, 0) is 67.9 Å². The number of ether oxygens (including phenoxy) is 1. The Balaban J connectivity index is 2.02. The van der Waals surface area contributed by atoms with Crippen LogP contribution in [0.1, 0.15) is 18.1 Å². The lowest BCUT2D eigenvalue weighted by Gasteiger charge is -2.31. The lowest BCUT2D eigenvalue weighted by Crippen LogP contribution is -2.50. The first-order chi connectivity index (χ1) is 17.6. The third-order valence-corrected chi connectivity index (χ3v) is 7.69. The molecule has 0 aliphatic heterocycles. The van der Waals surface area contributed by atoms with Gasteiger partial charge in [-0.2, -0.15) is 0 Å². The van der Waals surface area contributed by atoms with Gasteiger partial charge in [-0.25, -0.2) is 12.8 Å². The van der Waals surface area contributed by atoms with Crippen molar-refractivity contribution in [3.8, 4) is 5.75 Å². The maximum Gasteiger partial charge on any atom is 0.264 e. The number of rotatable bonds is 10. The third kappa shape index (κ3) is 6.65. The second-order valence-electron chi connectivity index (χ2n) is 8.46. The molecule has 0 bridgehead atoms. The van der Waals surface area contributed by atoms with E-state index in [-0.39, 0.29) is 17.1 Å². The zero-order valence-electron chi connectivity index (χ0n) is 21.1. The van der Waals surface area contributed by atoms with Crippen molar-refractivity contribution in [1.82, 2.24) is 10.2 Å². The lowest BCUT2D eigenvalue weighted by atomic mass is 10.1. The van der Waals surface area contributed by atoms with Crippen molar-refractivity contribution in [2.24, 2.45) is 0 Å². The van der Waals surface area contributed by atoms with Gasteiger partial charge in [-0.3, -0.25) is 13.9 Å². The van der Waals surface area contributed by atoms with Crippen molar-refractivity contribution in [2.75, 3.05) is 25.0 Å². The summed E-state index contributed by atoms with van der Waals surface area (Å²) in [7, 11) is -1.26. The lowest BCUT2D eigenvalue weighted by molar-refractivity contribution is -0.139. The zero-order chi connectivity index (χ0) is 27.2. The molecule has 2 amide bonds. The maximum atomic E-state index is 13.7. The second-order valence-corrected chi connectivity index (χ2v) is 10.3. The Morgan fingerprint density at radius 1 is 1.03 bits per heavy atom. The van der Waals surface area contributed by atoms with Crippen LogP contribution in [0.25, 0.3) is 0 Å². The van der Waals surface area contributed by atoms with Crippen LogP contribution in [0.4, 0.5) is 10.1 Å². The molecule has 0 aromatic heterocycles. The number of methoxy groups -OCH3 is 1. The first kappa shape index (κ1) is 27.7. The van der Waals surface area contributed by atoms with Gasteiger partial charge in [0, 0.05) is 13.6 Å². The molecular weight excluding hydrogens is 497 g/mol. The summed E-state index contributed by atoms with van der Waals surface area (Å²) in [6, 6.07) is 17.2. The molecule has 3 aromatic carbocycles. The Morgan fingerprint density at radius 3 is 2.27 bits per heavy atom. The van der Waals surface area contributed by atoms with Crippen LogP contribution in [0.2, 0.25) is 0 Å². The molecule has 1 atom stereocenters. The molecule has 0 spiro atoms. The quantitative estimate of drug-likeness (QED) is 0.436. The monoisotopic (exact) mass is 527 g/mol. The number of hydrogen-bond donors (Lipinski definition) is 1. The number of aryl methyl sites for hydroxylation is 1. The Morgan fingerprint density at radius 2 is 1.68 bits per heavy atom. The summed E-state index contributed by atoms with van der Waals surface area (Å²) in [5.41, 5.74) is 1.87. The number of hydrogen-bond acceptors (Lipinski definition) is 5. The smallest absolute Gasteiger partial charge is 0.264 e. The summed E-state index contributed by atoms with van der Waals surface area (Å²) in [6.07, 6.45) is 0. The molecule has 3 aromatic rings. The molecule has 0 radical (unpaired) electrons. The van der Waals surface area contributed by atoms with Gasteiger partial charge in [-0.1, -0.05) is 29.8 Å². The molecule has 0 fully saturated rings. The molecule has 0 unspecified atom stereocenters. The van der Waals surface area contributed by atoms with Gasteiger partial charge in [0.05, 0.1) is 17.7 Å². The number of sulfonamides is 1. The molecule has 3 rings (SSSR count). The number of benzene rings is 3. The summed E-state index contributed by atoms with van der Waals surface area (Å²) in [4.78, 5) is 27.4. The van der Waals surface area contributed by atoms with E-state index in [2.05, 4.69) is 5.32 Å². The molecule has 0 aliphatic carbocycles. The fourth-order valence-electron chi connectivity index (χ4n) is 3.73. The molecule has 0 saturated carbocycles. The molecule has 0 saturated heterocycles. The standard InChI is InChI=1S/C27H30FN3O5S/c1-19-8-12-23(13-9-19)31(37(34,35)25-14-10-22(28)11-15-25)18-26(32)30(20(2)27(33)29-3)17-21-6-5-7-24(16-21)36-4/h5-16,20H,17-18H2,1-4H3,(H,29,33)/t20-/m0/s1. The minimum Gasteiger partial charge on any atom is -0.497 e. The molecule has 1 N–H and O–H groups in total. The van der Waals surface area contributed by atoms with Gasteiger partial charge in [0.25, 0.3) is 10.0 Å². The SMILES string of the molecule is CNC(=O)[C@H](C)N(Cc1cccc(OC)c1)C(=O)CN(c1ccc(C)cc1)S(=O)(=O)c1ccc(F)cc1. The molecule has 37 heavy (non-hydrogen) atoms. The number of anilines is 1. The fraction of sp³-hybridized carbons (Fsp3) is 0.259. The normalized spacial score (nSPS) is 11.9. The third-order valence-electron chi connectivity index (χ3n) is 5.90. The van der Waals surface area contributed by atoms with E-state index in [1.54, 1.807) is 55.5 Å². The number of carbonyl (C=O) groups excluding carboxylic acids is 2. The Kier molecular flexibility index (Phi) is 8.88. The first-order valence-electron chi connectivity index (χ1n) is 11.6. The maximum absolute atomic E-state index is 13.7. The van der Waals surface area contributed by atoms with Crippen LogP contribution in [0.5, 0.6) is 5.75 Å². The Hall–Kier alpha value is -3.92. The van der Waals surface area contributed by atoms with Gasteiger partial charge < -0.3 is 15.0 Å². The number of carbonyl (C=O) groups is 2. The highest BCUT2D eigenvalue weighted by Gasteiger charge is 2.32. The number of halogens is 1. The van der Waals surface area contributed by atoms with Crippen LogP contribution in [0.3, 0.4) is 0 Å². The minimum atomic E-state index is -4.25. The summed E-state index contributed by atoms with van der Waals surface area (Å²) in [6.45, 7) is 2.90. The fourth-order valence-corrected chi connectivity index (χ4v) is 5.15. The Labute approximate surface area is 216 Å². The molecule has 196 valence electrons. The number of likely N-dealkylation sites (N-methyl/N-ethyl adjacent to an activating group) is 1. The van der Waals surface area contributed by atoms with Gasteiger partial charge in [0.15, 0.2) is 0 Å². The highest BCUT2D eigenvalue weighted by Crippen LogP contribution is 2.25. The van der Waals surface area contributed by atoms with Crippen LogP contribution in [0, 0.1) is 12.7 Å². The number of amides is 2. The van der Waals surface area contributed by atoms with E-state index in [1.165, 1.54) is 19.1 Å². The summed E-state index contributed by atoms with van der Waals surface area (Å²) in [5.74, 6) is -0.997. The van der Waals surface area contributed by atoms with Gasteiger partial charge in [0.1, 0.15) is 24.2 Å². The van der Waals surface area contributed by atoms with Crippen molar-refractivity contribution in [1.29, 1.82) is 0 Å². The van der Waals surface area contributed by atoms with Crippen molar-refractivity contribution < 1.29 is 27.1 Å². The molecule has 0 aliphatic rings. The van der Waals surface area contributed by atoms with Gasteiger partial charge >= 0.3 is 0 Å². The number of nitrogens with one attached hydrogen (secondary N) is 1. The summed E-state index contributed by atoms with van der Waals surface area (Å²) < 4.78 is 47.0. The van der Waals surface area contributed by atoms with E-state index in [1.807, 2.05) is 6.92 Å². The molecular formula is C27H30FN3O5S. The van der Waals surface area contributed by atoms with E-state index < -0.39 is 40.2 Å². The van der Waals surface area contributed by atoms with E-state index in [0.717, 1.165) is 34.1 Å². The average Bonchev–Trinajstić information content (AvgIpc) is 2.90. The highest BCUT2D eigenvalue weighted by molar-refractivity contribution is 7.92. The van der Waals surface area contributed by atoms with Crippen molar-refractivity contribution in [3.05, 3.63) is 89.7 Å². The van der Waals surface area contributed by atoms with E-state index in [4.69, 9.17) is 4.74 Å². The van der Waals surface area contributed by atoms with Crippen LogP contribution in [0.15, 0.2) is 77.7 Å². The molecule has 8 nitrogen and oxygen atoms in total. The first-order valence-corrected chi connectivity index (χ1v) is 13.0. The van der Waals surface area contributed by atoms with Crippen LogP contribution >= 0.6 is 0 Å². The number of nitrogens with zero attached hydrogens (tertiary/aromatic N) is 2. The van der Waals surface area contributed by atoms with Crippen molar-refractivity contribution >= 4 is 27.5 Å². The predicted octanol–water partition coefficient (Wildman–Crippen LogP) is 3.50.